The Morgan fingerprint density at radius 2 is 1.96 bits per heavy atom. The first-order valence-corrected chi connectivity index (χ1v) is 7.84. The summed E-state index contributed by atoms with van der Waals surface area (Å²) in [6.07, 6.45) is 1.61. The van der Waals surface area contributed by atoms with Crippen molar-refractivity contribution in [3.05, 3.63) is 56.2 Å². The van der Waals surface area contributed by atoms with Gasteiger partial charge in [0.25, 0.3) is 11.5 Å². The summed E-state index contributed by atoms with van der Waals surface area (Å²) in [4.78, 5) is 40.3. The molecule has 0 saturated heterocycles. The van der Waals surface area contributed by atoms with Gasteiger partial charge in [-0.05, 0) is 25.0 Å². The van der Waals surface area contributed by atoms with Crippen molar-refractivity contribution in [3.63, 3.8) is 0 Å². The zero-order valence-corrected chi connectivity index (χ0v) is 14.1. The van der Waals surface area contributed by atoms with E-state index < -0.39 is 11.2 Å². The largest absolute Gasteiger partial charge is 0.383 e. The Labute approximate surface area is 139 Å². The van der Waals surface area contributed by atoms with E-state index >= 15 is 0 Å². The predicted molar refractivity (Wildman–Crippen MR) is 94.6 cm³/mol. The second-order valence-electron chi connectivity index (χ2n) is 5.68. The highest BCUT2D eigenvalue weighted by Crippen LogP contribution is 2.19. The molecule has 24 heavy (non-hydrogen) atoms. The van der Waals surface area contributed by atoms with Crippen molar-refractivity contribution in [2.45, 2.75) is 33.2 Å². The number of nitrogen functional groups attached to an aromatic ring is 1. The van der Waals surface area contributed by atoms with E-state index in [1.807, 2.05) is 26.0 Å². The highest BCUT2D eigenvalue weighted by Gasteiger charge is 2.22. The van der Waals surface area contributed by atoms with Crippen LogP contribution in [-0.4, -0.2) is 22.5 Å². The fraction of sp³-hybridized carbons (Fsp3) is 0.353. The van der Waals surface area contributed by atoms with Crippen LogP contribution >= 0.6 is 0 Å². The zero-order valence-electron chi connectivity index (χ0n) is 14.1. The summed E-state index contributed by atoms with van der Waals surface area (Å²) in [7, 11) is 1.48. The van der Waals surface area contributed by atoms with E-state index in [1.165, 1.54) is 16.5 Å². The number of carbonyl (C=O) groups is 1. The van der Waals surface area contributed by atoms with E-state index in [-0.39, 0.29) is 17.4 Å². The third-order valence-corrected chi connectivity index (χ3v) is 3.96. The van der Waals surface area contributed by atoms with Gasteiger partial charge in [0.05, 0.1) is 0 Å². The molecule has 1 aromatic carbocycles. The Morgan fingerprint density at radius 3 is 2.58 bits per heavy atom. The molecule has 0 saturated carbocycles. The lowest BCUT2D eigenvalue weighted by Crippen LogP contribution is -2.39. The standard InChI is InChI=1S/C17H22N4O3/c1-4-5-10-21-14(18)13(15(22)19-17(21)24)20(3)16(23)12-9-7-6-8-11(12)2/h6-9H,4-5,10,18H2,1-3H3,(H,19,22,24). The molecule has 0 aliphatic heterocycles. The number of hydrogen-bond acceptors (Lipinski definition) is 4. The first-order chi connectivity index (χ1) is 11.4. The number of unbranched alkanes of at least 4 members (excludes halogenated alkanes) is 1. The first-order valence-electron chi connectivity index (χ1n) is 7.84. The number of rotatable bonds is 5. The molecule has 0 aliphatic rings. The minimum atomic E-state index is -0.672. The van der Waals surface area contributed by atoms with Crippen LogP contribution in [0.25, 0.3) is 0 Å². The number of carbonyl (C=O) groups excluding carboxylic acids is 1. The van der Waals surface area contributed by atoms with Crippen LogP contribution in [0, 0.1) is 6.92 Å². The van der Waals surface area contributed by atoms with Crippen molar-refractivity contribution in [1.82, 2.24) is 9.55 Å². The van der Waals surface area contributed by atoms with E-state index in [9.17, 15) is 14.4 Å². The Hall–Kier alpha value is -2.83. The number of aromatic nitrogens is 2. The molecule has 7 nitrogen and oxygen atoms in total. The minimum Gasteiger partial charge on any atom is -0.383 e. The average Bonchev–Trinajstić information content (AvgIpc) is 2.54. The van der Waals surface area contributed by atoms with Gasteiger partial charge < -0.3 is 10.6 Å². The second-order valence-corrected chi connectivity index (χ2v) is 5.68. The number of aromatic amines is 1. The summed E-state index contributed by atoms with van der Waals surface area (Å²) < 4.78 is 1.29. The summed E-state index contributed by atoms with van der Waals surface area (Å²) in [6.45, 7) is 4.19. The Morgan fingerprint density at radius 1 is 1.29 bits per heavy atom. The molecule has 0 unspecified atom stereocenters. The molecule has 1 aromatic heterocycles. The minimum absolute atomic E-state index is 0.00151. The Kier molecular flexibility index (Phi) is 5.23. The molecule has 7 heteroatoms. The fourth-order valence-corrected chi connectivity index (χ4v) is 2.53. The van der Waals surface area contributed by atoms with E-state index in [4.69, 9.17) is 5.73 Å². The number of hydrogen-bond donors (Lipinski definition) is 2. The predicted octanol–water partition coefficient (Wildman–Crippen LogP) is 1.50. The first kappa shape index (κ1) is 17.5. The Balaban J connectivity index is 2.51. The third kappa shape index (κ3) is 3.24. The van der Waals surface area contributed by atoms with Gasteiger partial charge in [-0.2, -0.15) is 0 Å². The Bertz CT molecular complexity index is 867. The molecule has 0 atom stereocenters. The van der Waals surface area contributed by atoms with Crippen molar-refractivity contribution in [1.29, 1.82) is 0 Å². The SMILES string of the molecule is CCCCn1c(N)c(N(C)C(=O)c2ccccc2C)c(=O)[nH]c1=O. The van der Waals surface area contributed by atoms with Crippen molar-refractivity contribution in [2.24, 2.45) is 0 Å². The van der Waals surface area contributed by atoms with Gasteiger partial charge in [0.1, 0.15) is 5.82 Å². The van der Waals surface area contributed by atoms with Gasteiger partial charge in [-0.15, -0.1) is 0 Å². The molecule has 1 amide bonds. The molecule has 0 spiro atoms. The van der Waals surface area contributed by atoms with Crippen LogP contribution in [0.2, 0.25) is 0 Å². The van der Waals surface area contributed by atoms with E-state index in [2.05, 4.69) is 4.98 Å². The molecule has 0 fully saturated rings. The molecular weight excluding hydrogens is 308 g/mol. The van der Waals surface area contributed by atoms with E-state index in [1.54, 1.807) is 12.1 Å². The number of benzene rings is 1. The van der Waals surface area contributed by atoms with Crippen molar-refractivity contribution in [2.75, 3.05) is 17.7 Å². The quantitative estimate of drug-likeness (QED) is 0.867. The maximum Gasteiger partial charge on any atom is 0.330 e. The van der Waals surface area contributed by atoms with E-state index in [0.717, 1.165) is 18.4 Å². The van der Waals surface area contributed by atoms with Gasteiger partial charge in [-0.3, -0.25) is 19.1 Å². The molecule has 2 rings (SSSR count). The zero-order chi connectivity index (χ0) is 17.9. The van der Waals surface area contributed by atoms with Gasteiger partial charge >= 0.3 is 5.69 Å². The van der Waals surface area contributed by atoms with Crippen LogP contribution in [-0.2, 0) is 6.54 Å². The fourth-order valence-electron chi connectivity index (χ4n) is 2.53. The molecule has 2 aromatic rings. The summed E-state index contributed by atoms with van der Waals surface area (Å²) >= 11 is 0. The molecule has 0 aliphatic carbocycles. The number of H-pyrrole nitrogens is 1. The molecule has 0 bridgehead atoms. The van der Waals surface area contributed by atoms with Gasteiger partial charge in [0.2, 0.25) is 0 Å². The normalized spacial score (nSPS) is 10.6. The lowest BCUT2D eigenvalue weighted by atomic mass is 10.1. The highest BCUT2D eigenvalue weighted by molar-refractivity contribution is 6.07. The van der Waals surface area contributed by atoms with Crippen molar-refractivity contribution < 1.29 is 4.79 Å². The summed E-state index contributed by atoms with van der Waals surface area (Å²) in [5.74, 6) is -0.354. The summed E-state index contributed by atoms with van der Waals surface area (Å²) in [5.41, 5.74) is 6.05. The number of amides is 1. The average molecular weight is 330 g/mol. The third-order valence-electron chi connectivity index (χ3n) is 3.96. The van der Waals surface area contributed by atoms with Gasteiger partial charge in [-0.25, -0.2) is 4.79 Å². The lowest BCUT2D eigenvalue weighted by molar-refractivity contribution is 0.0992. The van der Waals surface area contributed by atoms with Gasteiger partial charge in [0, 0.05) is 19.2 Å². The highest BCUT2D eigenvalue weighted by atomic mass is 16.2. The lowest BCUT2D eigenvalue weighted by Gasteiger charge is -2.21. The van der Waals surface area contributed by atoms with Crippen LogP contribution in [0.15, 0.2) is 33.9 Å². The second kappa shape index (κ2) is 7.16. The number of nitrogens with zero attached hydrogens (tertiary/aromatic N) is 2. The molecular formula is C17H22N4O3. The summed E-state index contributed by atoms with van der Waals surface area (Å²) in [6, 6.07) is 7.09. The maximum atomic E-state index is 12.7. The monoisotopic (exact) mass is 330 g/mol. The van der Waals surface area contributed by atoms with Crippen LogP contribution in [0.4, 0.5) is 11.5 Å². The molecule has 1 heterocycles. The number of nitrogens with one attached hydrogen (secondary N) is 1. The van der Waals surface area contributed by atoms with Gasteiger partial charge in [-0.1, -0.05) is 31.5 Å². The van der Waals surface area contributed by atoms with Crippen LogP contribution in [0.5, 0.6) is 0 Å². The maximum absolute atomic E-state index is 12.7. The number of anilines is 2. The van der Waals surface area contributed by atoms with Crippen LogP contribution in [0.3, 0.4) is 0 Å². The molecule has 0 radical (unpaired) electrons. The van der Waals surface area contributed by atoms with Crippen molar-refractivity contribution >= 4 is 17.4 Å². The topological polar surface area (TPSA) is 101 Å². The smallest absolute Gasteiger partial charge is 0.330 e. The number of nitrogens with two attached hydrogens (primary N) is 1. The molecule has 3 N–H and O–H groups in total. The van der Waals surface area contributed by atoms with Crippen LogP contribution < -0.4 is 21.9 Å². The van der Waals surface area contributed by atoms with Crippen LogP contribution in [0.1, 0.15) is 35.7 Å². The molecule has 128 valence electrons. The van der Waals surface area contributed by atoms with Crippen molar-refractivity contribution in [3.8, 4) is 0 Å². The van der Waals surface area contributed by atoms with E-state index in [0.29, 0.717) is 12.1 Å². The van der Waals surface area contributed by atoms with Gasteiger partial charge in [0.15, 0.2) is 5.69 Å². The summed E-state index contributed by atoms with van der Waals surface area (Å²) in [5, 5.41) is 0. The number of aryl methyl sites for hydroxylation is 1.